The minimum atomic E-state index is -1.28. The van der Waals surface area contributed by atoms with Gasteiger partial charge in [-0.3, -0.25) is 0 Å². The van der Waals surface area contributed by atoms with Crippen molar-refractivity contribution >= 4 is 22.7 Å². The molecule has 2 unspecified atom stereocenters. The van der Waals surface area contributed by atoms with Crippen molar-refractivity contribution in [3.63, 3.8) is 0 Å². The molecule has 11 heavy (non-hydrogen) atoms. The third-order valence-electron chi connectivity index (χ3n) is 1.40. The molecular weight excluding hydrogens is 182 g/mol. The minimum Gasteiger partial charge on any atom is -0.589 e. The van der Waals surface area contributed by atoms with E-state index in [1.54, 1.807) is 24.3 Å². The molecule has 1 aromatic rings. The second-order valence-corrected chi connectivity index (χ2v) is 4.69. The lowest BCUT2D eigenvalue weighted by molar-refractivity contribution is 0.584. The predicted molar refractivity (Wildman–Crippen MR) is 42.4 cm³/mol. The molecule has 0 spiro atoms. The van der Waals surface area contributed by atoms with Gasteiger partial charge in [-0.05, 0) is 0 Å². The van der Waals surface area contributed by atoms with Crippen LogP contribution in [0.4, 0.5) is 0 Å². The molecule has 1 N–H and O–H groups in total. The Hall–Kier alpha value is -0.200. The van der Waals surface area contributed by atoms with Crippen LogP contribution in [-0.2, 0) is 22.7 Å². The van der Waals surface area contributed by atoms with Crippen LogP contribution in [0.5, 0.6) is 0 Å². The van der Waals surface area contributed by atoms with Crippen LogP contribution in [0.2, 0.25) is 0 Å². The maximum Gasteiger partial charge on any atom is 0.235 e. The van der Waals surface area contributed by atoms with Gasteiger partial charge in [0, 0.05) is 16.3 Å². The van der Waals surface area contributed by atoms with E-state index >= 15 is 0 Å². The van der Waals surface area contributed by atoms with Gasteiger partial charge in [0.15, 0.2) is 0 Å². The molecule has 0 fully saturated rings. The first kappa shape index (κ1) is 7.45. The Morgan fingerprint density at radius 1 is 1.00 bits per heavy atom. The van der Waals surface area contributed by atoms with Crippen molar-refractivity contribution in [2.45, 2.75) is 9.79 Å². The lowest BCUT2D eigenvalue weighted by Gasteiger charge is -1.96. The van der Waals surface area contributed by atoms with E-state index in [0.29, 0.717) is 9.79 Å². The van der Waals surface area contributed by atoms with Gasteiger partial charge in [0.2, 0.25) is 9.79 Å². The van der Waals surface area contributed by atoms with Crippen LogP contribution in [0.25, 0.3) is 0 Å². The van der Waals surface area contributed by atoms with Gasteiger partial charge in [0.1, 0.15) is 22.7 Å². The molecule has 2 atom stereocenters. The second kappa shape index (κ2) is 2.69. The fraction of sp³-hybridized carbons (Fsp3) is 0. The van der Waals surface area contributed by atoms with Crippen LogP contribution in [0.15, 0.2) is 34.1 Å². The summed E-state index contributed by atoms with van der Waals surface area (Å²) in [6, 6.07) is 6.98. The Labute approximate surface area is 70.4 Å². The SMILES string of the molecule is [O-][S+]1N[S+]([O-])c2ccccc21. The molecule has 1 heterocycles. The van der Waals surface area contributed by atoms with E-state index in [2.05, 4.69) is 4.13 Å². The molecule has 58 valence electrons. The molecular formula is C6H5NO2S2. The van der Waals surface area contributed by atoms with Gasteiger partial charge in [0.25, 0.3) is 0 Å². The highest BCUT2D eigenvalue weighted by Gasteiger charge is 2.37. The molecule has 0 radical (unpaired) electrons. The van der Waals surface area contributed by atoms with E-state index in [1.165, 1.54) is 0 Å². The van der Waals surface area contributed by atoms with Gasteiger partial charge in [-0.15, -0.1) is 0 Å². The summed E-state index contributed by atoms with van der Waals surface area (Å²) < 4.78 is 24.6. The van der Waals surface area contributed by atoms with Crippen molar-refractivity contribution in [1.29, 1.82) is 0 Å². The number of hydrogen-bond acceptors (Lipinski definition) is 3. The van der Waals surface area contributed by atoms with Crippen LogP contribution >= 0.6 is 0 Å². The Kier molecular flexibility index (Phi) is 1.82. The fourth-order valence-corrected chi connectivity index (χ4v) is 3.54. The van der Waals surface area contributed by atoms with Crippen LogP contribution in [0, 0.1) is 0 Å². The summed E-state index contributed by atoms with van der Waals surface area (Å²) in [6.45, 7) is 0. The van der Waals surface area contributed by atoms with Gasteiger partial charge in [-0.1, -0.05) is 12.1 Å². The Balaban J connectivity index is 2.52. The molecule has 0 bridgehead atoms. The van der Waals surface area contributed by atoms with Crippen molar-refractivity contribution < 1.29 is 9.11 Å². The van der Waals surface area contributed by atoms with E-state index in [-0.39, 0.29) is 0 Å². The van der Waals surface area contributed by atoms with Crippen LogP contribution in [0.1, 0.15) is 0 Å². The monoisotopic (exact) mass is 187 g/mol. The van der Waals surface area contributed by atoms with Gasteiger partial charge in [-0.25, -0.2) is 0 Å². The van der Waals surface area contributed by atoms with Crippen LogP contribution < -0.4 is 4.13 Å². The van der Waals surface area contributed by atoms with Crippen molar-refractivity contribution in [3.05, 3.63) is 24.3 Å². The minimum absolute atomic E-state index is 0.630. The van der Waals surface area contributed by atoms with Crippen LogP contribution in [-0.4, -0.2) is 9.11 Å². The topological polar surface area (TPSA) is 58.1 Å². The number of fused-ring (bicyclic) bond motifs is 1. The molecule has 0 aliphatic carbocycles. The average Bonchev–Trinajstić information content (AvgIpc) is 2.30. The zero-order chi connectivity index (χ0) is 7.84. The van der Waals surface area contributed by atoms with Crippen molar-refractivity contribution in [2.24, 2.45) is 0 Å². The van der Waals surface area contributed by atoms with E-state index in [4.69, 9.17) is 0 Å². The van der Waals surface area contributed by atoms with Gasteiger partial charge in [0.05, 0.1) is 0 Å². The van der Waals surface area contributed by atoms with E-state index < -0.39 is 22.7 Å². The lowest BCUT2D eigenvalue weighted by atomic mass is 10.4. The van der Waals surface area contributed by atoms with Gasteiger partial charge in [-0.2, -0.15) is 0 Å². The number of benzene rings is 1. The molecule has 0 saturated heterocycles. The second-order valence-electron chi connectivity index (χ2n) is 2.07. The van der Waals surface area contributed by atoms with E-state index in [9.17, 15) is 9.11 Å². The first-order chi connectivity index (χ1) is 5.29. The highest BCUT2D eigenvalue weighted by Crippen LogP contribution is 2.26. The molecule has 0 amide bonds. The van der Waals surface area contributed by atoms with E-state index in [0.717, 1.165) is 0 Å². The Morgan fingerprint density at radius 3 is 1.91 bits per heavy atom. The average molecular weight is 187 g/mol. The third-order valence-corrected chi connectivity index (χ3v) is 4.25. The lowest BCUT2D eigenvalue weighted by Crippen LogP contribution is -2.21. The quantitative estimate of drug-likeness (QED) is 0.596. The number of hydrogen-bond donors (Lipinski definition) is 1. The summed E-state index contributed by atoms with van der Waals surface area (Å²) in [7, 11) is 0. The zero-order valence-corrected chi connectivity index (χ0v) is 7.08. The first-order valence-corrected chi connectivity index (χ1v) is 5.28. The van der Waals surface area contributed by atoms with Crippen molar-refractivity contribution in [3.8, 4) is 0 Å². The first-order valence-electron chi connectivity index (χ1n) is 2.98. The van der Waals surface area contributed by atoms with Crippen molar-refractivity contribution in [2.75, 3.05) is 0 Å². The summed E-state index contributed by atoms with van der Waals surface area (Å²) in [4.78, 5) is 1.26. The predicted octanol–water partition coefficient (Wildman–Crippen LogP) is 0.335. The summed E-state index contributed by atoms with van der Waals surface area (Å²) in [6.07, 6.45) is 0. The maximum atomic E-state index is 11.1. The number of rotatable bonds is 0. The third kappa shape index (κ3) is 1.15. The van der Waals surface area contributed by atoms with Gasteiger partial charge >= 0.3 is 0 Å². The fourth-order valence-electron chi connectivity index (χ4n) is 0.915. The van der Waals surface area contributed by atoms with Crippen molar-refractivity contribution in [1.82, 2.24) is 4.13 Å². The summed E-state index contributed by atoms with van der Waals surface area (Å²) in [5.74, 6) is 0. The molecule has 2 rings (SSSR count). The van der Waals surface area contributed by atoms with Crippen LogP contribution in [0.3, 0.4) is 0 Å². The summed E-state index contributed by atoms with van der Waals surface area (Å²) in [5, 5.41) is 0. The molecule has 1 aliphatic rings. The molecule has 5 heteroatoms. The van der Waals surface area contributed by atoms with E-state index in [1.807, 2.05) is 0 Å². The van der Waals surface area contributed by atoms with Gasteiger partial charge < -0.3 is 9.11 Å². The molecule has 1 aromatic carbocycles. The molecule has 0 saturated carbocycles. The zero-order valence-electron chi connectivity index (χ0n) is 5.44. The summed E-state index contributed by atoms with van der Waals surface area (Å²) >= 11 is -2.56. The smallest absolute Gasteiger partial charge is 0.235 e. The highest BCUT2D eigenvalue weighted by atomic mass is 32.3. The molecule has 0 aromatic heterocycles. The molecule has 1 aliphatic heterocycles. The Bertz CT molecular complexity index is 254. The standard InChI is InChI=1S/C6H5NO2S2/c8-10-5-3-1-2-4-6(5)11(9)7-10/h1-4,7H. The summed E-state index contributed by atoms with van der Waals surface area (Å²) in [5.41, 5.74) is 0. The normalized spacial score (nSPS) is 28.5. The molecule has 3 nitrogen and oxygen atoms in total. The number of nitrogens with one attached hydrogen (secondary N) is 1. The highest BCUT2D eigenvalue weighted by molar-refractivity contribution is 8.07. The Morgan fingerprint density at radius 2 is 1.45 bits per heavy atom. The maximum absolute atomic E-state index is 11.1. The largest absolute Gasteiger partial charge is 0.589 e.